The van der Waals surface area contributed by atoms with Crippen molar-refractivity contribution in [3.8, 4) is 0 Å². The lowest BCUT2D eigenvalue weighted by molar-refractivity contribution is 0.101. The van der Waals surface area contributed by atoms with Gasteiger partial charge in [-0.2, -0.15) is 0 Å². The third kappa shape index (κ3) is 2.31. The van der Waals surface area contributed by atoms with Crippen LogP contribution in [0.1, 0.15) is 19.3 Å². The Morgan fingerprint density at radius 3 is 3.00 bits per heavy atom. The Morgan fingerprint density at radius 2 is 2.36 bits per heavy atom. The molecule has 0 radical (unpaired) electrons. The van der Waals surface area contributed by atoms with Gasteiger partial charge in [0.25, 0.3) is 0 Å². The molecule has 0 spiro atoms. The highest BCUT2D eigenvalue weighted by atomic mass is 16.3. The molecule has 1 N–H and O–H groups in total. The highest BCUT2D eigenvalue weighted by Crippen LogP contribution is 2.15. The fraction of sp³-hybridized carbons (Fsp3) is 0.778. The lowest BCUT2D eigenvalue weighted by Crippen LogP contribution is -2.41. The first kappa shape index (κ1) is 8.75. The second-order valence-corrected chi connectivity index (χ2v) is 3.12. The zero-order valence-electron chi connectivity index (χ0n) is 7.00. The molecule has 1 heterocycles. The number of aliphatic hydroxyl groups excluding tert-OH is 1. The van der Waals surface area contributed by atoms with E-state index in [1.165, 1.54) is 12.8 Å². The first-order valence-electron chi connectivity index (χ1n) is 4.34. The van der Waals surface area contributed by atoms with Gasteiger partial charge in [0.05, 0.1) is 6.61 Å². The Kier molecular flexibility index (Phi) is 3.60. The first-order chi connectivity index (χ1) is 5.38. The van der Waals surface area contributed by atoms with Gasteiger partial charge in [-0.15, -0.1) is 6.58 Å². The third-order valence-corrected chi connectivity index (χ3v) is 2.32. The summed E-state index contributed by atoms with van der Waals surface area (Å²) in [5.74, 6) is 0. The SMILES string of the molecule is C=CCN1CCCC[C@@H]1CO. The van der Waals surface area contributed by atoms with E-state index in [2.05, 4.69) is 11.5 Å². The molecule has 64 valence electrons. The van der Waals surface area contributed by atoms with Gasteiger partial charge < -0.3 is 5.11 Å². The van der Waals surface area contributed by atoms with E-state index >= 15 is 0 Å². The van der Waals surface area contributed by atoms with Crippen molar-refractivity contribution in [3.05, 3.63) is 12.7 Å². The van der Waals surface area contributed by atoms with Crippen LogP contribution in [0.15, 0.2) is 12.7 Å². The second kappa shape index (κ2) is 4.52. The molecule has 2 heteroatoms. The van der Waals surface area contributed by atoms with E-state index in [1.807, 2.05) is 6.08 Å². The molecule has 0 aromatic carbocycles. The van der Waals surface area contributed by atoms with Crippen molar-refractivity contribution in [2.75, 3.05) is 19.7 Å². The summed E-state index contributed by atoms with van der Waals surface area (Å²) in [6.07, 6.45) is 5.58. The summed E-state index contributed by atoms with van der Waals surface area (Å²) >= 11 is 0. The number of rotatable bonds is 3. The Bertz CT molecular complexity index is 125. The number of hydrogen-bond acceptors (Lipinski definition) is 2. The van der Waals surface area contributed by atoms with E-state index in [1.54, 1.807) is 0 Å². The van der Waals surface area contributed by atoms with Gasteiger partial charge in [0.2, 0.25) is 0 Å². The van der Waals surface area contributed by atoms with Gasteiger partial charge in [0.15, 0.2) is 0 Å². The fourth-order valence-corrected chi connectivity index (χ4v) is 1.67. The van der Waals surface area contributed by atoms with Crippen LogP contribution in [0.25, 0.3) is 0 Å². The van der Waals surface area contributed by atoms with Crippen LogP contribution in [-0.4, -0.2) is 35.7 Å². The summed E-state index contributed by atoms with van der Waals surface area (Å²) in [7, 11) is 0. The summed E-state index contributed by atoms with van der Waals surface area (Å²) in [5, 5.41) is 9.01. The lowest BCUT2D eigenvalue weighted by atomic mass is 10.0. The van der Waals surface area contributed by atoms with Crippen LogP contribution < -0.4 is 0 Å². The van der Waals surface area contributed by atoms with E-state index in [9.17, 15) is 0 Å². The van der Waals surface area contributed by atoms with Crippen LogP contribution in [0.2, 0.25) is 0 Å². The van der Waals surface area contributed by atoms with E-state index in [0.717, 1.165) is 19.5 Å². The van der Waals surface area contributed by atoms with Crippen LogP contribution in [0.5, 0.6) is 0 Å². The fourth-order valence-electron chi connectivity index (χ4n) is 1.67. The first-order valence-corrected chi connectivity index (χ1v) is 4.34. The zero-order chi connectivity index (χ0) is 8.10. The molecule has 0 unspecified atom stereocenters. The van der Waals surface area contributed by atoms with Crippen molar-refractivity contribution in [1.82, 2.24) is 4.90 Å². The van der Waals surface area contributed by atoms with Crippen molar-refractivity contribution in [3.63, 3.8) is 0 Å². The van der Waals surface area contributed by atoms with Gasteiger partial charge in [-0.3, -0.25) is 4.90 Å². The van der Waals surface area contributed by atoms with E-state index in [4.69, 9.17) is 5.11 Å². The molecule has 1 rings (SSSR count). The predicted octanol–water partition coefficient (Wildman–Crippen LogP) is 1.02. The Hall–Kier alpha value is -0.340. The molecular weight excluding hydrogens is 138 g/mol. The van der Waals surface area contributed by atoms with E-state index in [-0.39, 0.29) is 0 Å². The number of aliphatic hydroxyl groups is 1. The Morgan fingerprint density at radius 1 is 1.55 bits per heavy atom. The monoisotopic (exact) mass is 155 g/mol. The molecule has 1 aliphatic heterocycles. The summed E-state index contributed by atoms with van der Waals surface area (Å²) in [4.78, 5) is 2.30. The van der Waals surface area contributed by atoms with E-state index < -0.39 is 0 Å². The van der Waals surface area contributed by atoms with Crippen LogP contribution in [0, 0.1) is 0 Å². The molecule has 0 aromatic heterocycles. The number of likely N-dealkylation sites (tertiary alicyclic amines) is 1. The smallest absolute Gasteiger partial charge is 0.0586 e. The van der Waals surface area contributed by atoms with E-state index in [0.29, 0.717) is 12.6 Å². The maximum Gasteiger partial charge on any atom is 0.0586 e. The minimum absolute atomic E-state index is 0.299. The number of nitrogens with zero attached hydrogens (tertiary/aromatic N) is 1. The average molecular weight is 155 g/mol. The summed E-state index contributed by atoms with van der Waals surface area (Å²) in [6.45, 7) is 6.04. The van der Waals surface area contributed by atoms with Crippen LogP contribution in [-0.2, 0) is 0 Å². The normalized spacial score (nSPS) is 26.8. The van der Waals surface area contributed by atoms with Gasteiger partial charge in [-0.25, -0.2) is 0 Å². The molecular formula is C9H17NO. The Labute approximate surface area is 68.5 Å². The van der Waals surface area contributed by atoms with Gasteiger partial charge >= 0.3 is 0 Å². The molecule has 11 heavy (non-hydrogen) atoms. The second-order valence-electron chi connectivity index (χ2n) is 3.12. The molecule has 0 bridgehead atoms. The topological polar surface area (TPSA) is 23.5 Å². The maximum atomic E-state index is 9.01. The molecule has 0 aromatic rings. The molecule has 1 saturated heterocycles. The summed E-state index contributed by atoms with van der Waals surface area (Å²) < 4.78 is 0. The highest BCUT2D eigenvalue weighted by Gasteiger charge is 2.19. The zero-order valence-corrected chi connectivity index (χ0v) is 7.00. The molecule has 2 nitrogen and oxygen atoms in total. The van der Waals surface area contributed by atoms with Gasteiger partial charge in [0, 0.05) is 12.6 Å². The highest BCUT2D eigenvalue weighted by molar-refractivity contribution is 4.81. The van der Waals surface area contributed by atoms with Crippen molar-refractivity contribution >= 4 is 0 Å². The lowest BCUT2D eigenvalue weighted by Gasteiger charge is -2.33. The minimum Gasteiger partial charge on any atom is -0.395 e. The number of piperidine rings is 1. The molecule has 0 aliphatic carbocycles. The standard InChI is InChI=1S/C9H17NO/c1-2-6-10-7-4-3-5-9(10)8-11/h2,9,11H,1,3-8H2/t9-/m1/s1. The predicted molar refractivity (Wildman–Crippen MR) is 46.5 cm³/mol. The molecule has 1 aliphatic rings. The molecule has 1 atom stereocenters. The largest absolute Gasteiger partial charge is 0.395 e. The molecule has 0 saturated carbocycles. The van der Waals surface area contributed by atoms with Gasteiger partial charge in [0.1, 0.15) is 0 Å². The van der Waals surface area contributed by atoms with Crippen molar-refractivity contribution in [1.29, 1.82) is 0 Å². The minimum atomic E-state index is 0.299. The van der Waals surface area contributed by atoms with Crippen LogP contribution in [0.3, 0.4) is 0 Å². The van der Waals surface area contributed by atoms with Crippen LogP contribution >= 0.6 is 0 Å². The third-order valence-electron chi connectivity index (χ3n) is 2.32. The van der Waals surface area contributed by atoms with Crippen molar-refractivity contribution < 1.29 is 5.11 Å². The van der Waals surface area contributed by atoms with Crippen molar-refractivity contribution in [2.45, 2.75) is 25.3 Å². The maximum absolute atomic E-state index is 9.01. The quantitative estimate of drug-likeness (QED) is 0.615. The van der Waals surface area contributed by atoms with Gasteiger partial charge in [-0.05, 0) is 19.4 Å². The molecule has 0 amide bonds. The van der Waals surface area contributed by atoms with Crippen LogP contribution in [0.4, 0.5) is 0 Å². The van der Waals surface area contributed by atoms with Crippen molar-refractivity contribution in [2.24, 2.45) is 0 Å². The van der Waals surface area contributed by atoms with Gasteiger partial charge in [-0.1, -0.05) is 12.5 Å². The summed E-state index contributed by atoms with van der Waals surface area (Å²) in [5.41, 5.74) is 0. The average Bonchev–Trinajstić information content (AvgIpc) is 2.06. The Balaban J connectivity index is 2.37. The number of hydrogen-bond donors (Lipinski definition) is 1. The summed E-state index contributed by atoms with van der Waals surface area (Å²) in [6, 6.07) is 0.391. The molecule has 1 fully saturated rings.